The molecule has 0 spiro atoms. The number of hydrogen-bond donors (Lipinski definition) is 0. The minimum absolute atomic E-state index is 0.961. The van der Waals surface area contributed by atoms with Crippen molar-refractivity contribution in [3.05, 3.63) is 23.8 Å². The van der Waals surface area contributed by atoms with E-state index in [4.69, 9.17) is 4.74 Å². The van der Waals surface area contributed by atoms with Crippen LogP contribution < -0.4 is 9.64 Å². The number of unbranched alkanes of at least 4 members (excludes halogenated alkanes) is 1. The number of anilines is 1. The lowest BCUT2D eigenvalue weighted by molar-refractivity contribution is 0.411. The Kier molecular flexibility index (Phi) is 4.47. The Hall–Kier alpha value is -1.18. The molecule has 15 heavy (non-hydrogen) atoms. The summed E-state index contributed by atoms with van der Waals surface area (Å²) < 4.78 is 5.24. The monoisotopic (exact) mass is 207 g/mol. The van der Waals surface area contributed by atoms with Crippen LogP contribution in [-0.4, -0.2) is 20.7 Å². The van der Waals surface area contributed by atoms with E-state index in [0.29, 0.717) is 0 Å². The number of rotatable bonds is 5. The van der Waals surface area contributed by atoms with Gasteiger partial charge in [0.15, 0.2) is 0 Å². The van der Waals surface area contributed by atoms with Crippen LogP contribution >= 0.6 is 0 Å². The fourth-order valence-electron chi connectivity index (χ4n) is 1.62. The Bertz CT molecular complexity index is 309. The van der Waals surface area contributed by atoms with E-state index in [1.807, 2.05) is 6.07 Å². The predicted molar refractivity (Wildman–Crippen MR) is 65.9 cm³/mol. The second-order valence-electron chi connectivity index (χ2n) is 3.93. The molecule has 1 aromatic carbocycles. The SMILES string of the molecule is CCCCN(C)c1ccc(OC)c(C)c1. The summed E-state index contributed by atoms with van der Waals surface area (Å²) in [6.07, 6.45) is 2.47. The fraction of sp³-hybridized carbons (Fsp3) is 0.538. The molecular formula is C13H21NO. The van der Waals surface area contributed by atoms with Gasteiger partial charge in [-0.05, 0) is 37.1 Å². The van der Waals surface area contributed by atoms with E-state index in [9.17, 15) is 0 Å². The zero-order valence-corrected chi connectivity index (χ0v) is 10.2. The Morgan fingerprint density at radius 3 is 2.60 bits per heavy atom. The Balaban J connectivity index is 2.73. The maximum atomic E-state index is 5.24. The van der Waals surface area contributed by atoms with Crippen molar-refractivity contribution < 1.29 is 4.74 Å². The van der Waals surface area contributed by atoms with Crippen LogP contribution in [0.5, 0.6) is 5.75 Å². The zero-order valence-electron chi connectivity index (χ0n) is 10.2. The van der Waals surface area contributed by atoms with E-state index < -0.39 is 0 Å². The molecule has 1 aromatic rings. The van der Waals surface area contributed by atoms with Crippen LogP contribution in [-0.2, 0) is 0 Å². The minimum atomic E-state index is 0.961. The predicted octanol–water partition coefficient (Wildman–Crippen LogP) is 3.24. The summed E-state index contributed by atoms with van der Waals surface area (Å²) in [5.74, 6) is 0.961. The van der Waals surface area contributed by atoms with Crippen molar-refractivity contribution in [1.82, 2.24) is 0 Å². The Morgan fingerprint density at radius 1 is 1.33 bits per heavy atom. The Labute approximate surface area is 92.9 Å². The summed E-state index contributed by atoms with van der Waals surface area (Å²) in [7, 11) is 3.85. The highest BCUT2D eigenvalue weighted by Crippen LogP contribution is 2.23. The maximum absolute atomic E-state index is 5.24. The van der Waals surface area contributed by atoms with Gasteiger partial charge in [0.25, 0.3) is 0 Å². The maximum Gasteiger partial charge on any atom is 0.121 e. The molecule has 0 saturated carbocycles. The highest BCUT2D eigenvalue weighted by molar-refractivity contribution is 5.52. The van der Waals surface area contributed by atoms with Gasteiger partial charge in [-0.25, -0.2) is 0 Å². The van der Waals surface area contributed by atoms with Crippen LogP contribution in [0.25, 0.3) is 0 Å². The zero-order chi connectivity index (χ0) is 11.3. The van der Waals surface area contributed by atoms with Gasteiger partial charge in [0.1, 0.15) is 5.75 Å². The van der Waals surface area contributed by atoms with Crippen LogP contribution in [0.15, 0.2) is 18.2 Å². The van der Waals surface area contributed by atoms with Gasteiger partial charge in [-0.3, -0.25) is 0 Å². The van der Waals surface area contributed by atoms with Crippen LogP contribution in [0.1, 0.15) is 25.3 Å². The molecule has 0 unspecified atom stereocenters. The molecule has 0 fully saturated rings. The second kappa shape index (κ2) is 5.64. The van der Waals surface area contributed by atoms with Gasteiger partial charge >= 0.3 is 0 Å². The second-order valence-corrected chi connectivity index (χ2v) is 3.93. The quantitative estimate of drug-likeness (QED) is 0.735. The minimum Gasteiger partial charge on any atom is -0.496 e. The molecule has 2 heteroatoms. The van der Waals surface area contributed by atoms with Crippen LogP contribution in [0.3, 0.4) is 0 Å². The topological polar surface area (TPSA) is 12.5 Å². The lowest BCUT2D eigenvalue weighted by Gasteiger charge is -2.20. The molecule has 0 radical (unpaired) electrons. The van der Waals surface area contributed by atoms with Gasteiger partial charge in [-0.15, -0.1) is 0 Å². The van der Waals surface area contributed by atoms with Crippen LogP contribution in [0.4, 0.5) is 5.69 Å². The number of ether oxygens (including phenoxy) is 1. The van der Waals surface area contributed by atoms with Gasteiger partial charge in [-0.2, -0.15) is 0 Å². The van der Waals surface area contributed by atoms with Crippen LogP contribution in [0.2, 0.25) is 0 Å². The highest BCUT2D eigenvalue weighted by Gasteiger charge is 2.03. The molecule has 0 bridgehead atoms. The lowest BCUT2D eigenvalue weighted by atomic mass is 10.2. The fourth-order valence-corrected chi connectivity index (χ4v) is 1.62. The van der Waals surface area contributed by atoms with Crippen molar-refractivity contribution >= 4 is 5.69 Å². The van der Waals surface area contributed by atoms with Crippen molar-refractivity contribution in [2.45, 2.75) is 26.7 Å². The largest absolute Gasteiger partial charge is 0.496 e. The summed E-state index contributed by atoms with van der Waals surface area (Å²) in [5, 5.41) is 0. The number of methoxy groups -OCH3 is 1. The number of benzene rings is 1. The smallest absolute Gasteiger partial charge is 0.121 e. The standard InChI is InChI=1S/C13H21NO/c1-5-6-9-14(3)12-7-8-13(15-4)11(2)10-12/h7-8,10H,5-6,9H2,1-4H3. The van der Waals surface area contributed by atoms with Crippen molar-refractivity contribution in [2.75, 3.05) is 25.6 Å². The summed E-state index contributed by atoms with van der Waals surface area (Å²) in [4.78, 5) is 2.29. The molecule has 0 aliphatic rings. The third-order valence-corrected chi connectivity index (χ3v) is 2.67. The summed E-state index contributed by atoms with van der Waals surface area (Å²) >= 11 is 0. The number of nitrogens with zero attached hydrogens (tertiary/aromatic N) is 1. The molecule has 0 aliphatic carbocycles. The molecule has 0 aliphatic heterocycles. The average Bonchev–Trinajstić information content (AvgIpc) is 2.25. The average molecular weight is 207 g/mol. The van der Waals surface area contributed by atoms with Gasteiger partial charge < -0.3 is 9.64 Å². The van der Waals surface area contributed by atoms with Gasteiger partial charge in [0, 0.05) is 19.3 Å². The molecule has 2 nitrogen and oxygen atoms in total. The van der Waals surface area contributed by atoms with Crippen LogP contribution in [0, 0.1) is 6.92 Å². The van der Waals surface area contributed by atoms with Gasteiger partial charge in [0.05, 0.1) is 7.11 Å². The van der Waals surface area contributed by atoms with E-state index in [0.717, 1.165) is 12.3 Å². The first kappa shape index (κ1) is 11.9. The molecule has 0 heterocycles. The third kappa shape index (κ3) is 3.15. The number of aryl methyl sites for hydroxylation is 1. The summed E-state index contributed by atoms with van der Waals surface area (Å²) in [5.41, 5.74) is 2.46. The molecule has 0 aromatic heterocycles. The molecule has 0 atom stereocenters. The van der Waals surface area contributed by atoms with Gasteiger partial charge in [-0.1, -0.05) is 13.3 Å². The van der Waals surface area contributed by atoms with Crippen molar-refractivity contribution in [3.63, 3.8) is 0 Å². The third-order valence-electron chi connectivity index (χ3n) is 2.67. The molecule has 0 N–H and O–H groups in total. The summed E-state index contributed by atoms with van der Waals surface area (Å²) in [6, 6.07) is 6.32. The lowest BCUT2D eigenvalue weighted by Crippen LogP contribution is -2.18. The van der Waals surface area contributed by atoms with Crippen molar-refractivity contribution in [3.8, 4) is 5.75 Å². The van der Waals surface area contributed by atoms with Crippen molar-refractivity contribution in [1.29, 1.82) is 0 Å². The van der Waals surface area contributed by atoms with E-state index in [1.54, 1.807) is 7.11 Å². The highest BCUT2D eigenvalue weighted by atomic mass is 16.5. The number of hydrogen-bond acceptors (Lipinski definition) is 2. The first-order valence-corrected chi connectivity index (χ1v) is 5.54. The molecule has 0 saturated heterocycles. The van der Waals surface area contributed by atoms with E-state index >= 15 is 0 Å². The normalized spacial score (nSPS) is 10.1. The summed E-state index contributed by atoms with van der Waals surface area (Å²) in [6.45, 7) is 5.41. The molecule has 0 amide bonds. The molecule has 1 rings (SSSR count). The first-order chi connectivity index (χ1) is 7.19. The first-order valence-electron chi connectivity index (χ1n) is 5.54. The van der Waals surface area contributed by atoms with E-state index in [2.05, 4.69) is 37.9 Å². The van der Waals surface area contributed by atoms with E-state index in [1.165, 1.54) is 24.1 Å². The molecule has 84 valence electrons. The van der Waals surface area contributed by atoms with E-state index in [-0.39, 0.29) is 0 Å². The van der Waals surface area contributed by atoms with Gasteiger partial charge in [0.2, 0.25) is 0 Å². The van der Waals surface area contributed by atoms with Crippen molar-refractivity contribution in [2.24, 2.45) is 0 Å². The Morgan fingerprint density at radius 2 is 2.07 bits per heavy atom. The molecular weight excluding hydrogens is 186 g/mol.